The van der Waals surface area contributed by atoms with E-state index < -0.39 is 5.97 Å². The van der Waals surface area contributed by atoms with Crippen LogP contribution in [0.3, 0.4) is 0 Å². The highest BCUT2D eigenvalue weighted by molar-refractivity contribution is 5.85. The van der Waals surface area contributed by atoms with Gasteiger partial charge in [-0.1, -0.05) is 35.5 Å². The van der Waals surface area contributed by atoms with Gasteiger partial charge in [0.25, 0.3) is 5.89 Å². The van der Waals surface area contributed by atoms with Crippen molar-refractivity contribution in [3.63, 3.8) is 0 Å². The first kappa shape index (κ1) is 24.9. The number of benzene rings is 2. The number of aliphatic carboxylic acids is 1. The fourth-order valence-electron chi connectivity index (χ4n) is 3.53. The Balaban J connectivity index is 0.00000324. The highest BCUT2D eigenvalue weighted by atomic mass is 35.5. The van der Waals surface area contributed by atoms with E-state index in [1.807, 2.05) is 30.3 Å². The predicted molar refractivity (Wildman–Crippen MR) is 132 cm³/mol. The molecule has 176 valence electrons. The topological polar surface area (TPSA) is 110 Å². The molecule has 0 fully saturated rings. The van der Waals surface area contributed by atoms with Crippen LogP contribution in [0, 0.1) is 6.92 Å². The second-order valence-corrected chi connectivity index (χ2v) is 7.55. The number of aromatic nitrogens is 3. The normalized spacial score (nSPS) is 10.5. The molecule has 0 aliphatic rings. The third kappa shape index (κ3) is 5.78. The van der Waals surface area contributed by atoms with Gasteiger partial charge in [-0.25, -0.2) is 4.98 Å². The summed E-state index contributed by atoms with van der Waals surface area (Å²) in [7, 11) is 1.67. The van der Waals surface area contributed by atoms with Gasteiger partial charge in [0, 0.05) is 31.0 Å². The summed E-state index contributed by atoms with van der Waals surface area (Å²) in [6.07, 6.45) is 1.64. The SMILES string of the molecule is COCc1cc(-c2nc(-c3ccc(NCCC(=O)O)nc3)no2)ccc1-c1ccccc1C.Cl. The Bertz CT molecular complexity index is 1260. The van der Waals surface area contributed by atoms with Crippen molar-refractivity contribution in [1.29, 1.82) is 0 Å². The van der Waals surface area contributed by atoms with Gasteiger partial charge in [-0.2, -0.15) is 4.98 Å². The molecule has 0 radical (unpaired) electrons. The van der Waals surface area contributed by atoms with Gasteiger partial charge in [0.05, 0.1) is 13.0 Å². The summed E-state index contributed by atoms with van der Waals surface area (Å²) in [4.78, 5) is 19.4. The second kappa shape index (κ2) is 11.4. The van der Waals surface area contributed by atoms with Crippen LogP contribution in [-0.2, 0) is 16.1 Å². The molecule has 0 spiro atoms. The van der Waals surface area contributed by atoms with Crippen molar-refractivity contribution in [3.05, 3.63) is 71.9 Å². The van der Waals surface area contributed by atoms with E-state index in [0.717, 1.165) is 22.3 Å². The smallest absolute Gasteiger partial charge is 0.305 e. The fourth-order valence-corrected chi connectivity index (χ4v) is 3.53. The van der Waals surface area contributed by atoms with Crippen LogP contribution in [0.2, 0.25) is 0 Å². The molecule has 4 aromatic rings. The van der Waals surface area contributed by atoms with E-state index in [1.54, 1.807) is 19.4 Å². The van der Waals surface area contributed by atoms with Crippen LogP contribution in [0.15, 0.2) is 65.3 Å². The summed E-state index contributed by atoms with van der Waals surface area (Å²) < 4.78 is 11.0. The highest BCUT2D eigenvalue weighted by Gasteiger charge is 2.15. The van der Waals surface area contributed by atoms with Crippen molar-refractivity contribution in [2.45, 2.75) is 20.0 Å². The number of nitrogens with zero attached hydrogens (tertiary/aromatic N) is 3. The lowest BCUT2D eigenvalue weighted by Crippen LogP contribution is -2.08. The zero-order valence-electron chi connectivity index (χ0n) is 18.8. The van der Waals surface area contributed by atoms with Gasteiger partial charge >= 0.3 is 5.97 Å². The van der Waals surface area contributed by atoms with Crippen molar-refractivity contribution < 1.29 is 19.2 Å². The van der Waals surface area contributed by atoms with E-state index in [4.69, 9.17) is 14.4 Å². The number of hydrogen-bond acceptors (Lipinski definition) is 7. The summed E-state index contributed by atoms with van der Waals surface area (Å²) in [5, 5.41) is 15.8. The van der Waals surface area contributed by atoms with Crippen LogP contribution >= 0.6 is 12.4 Å². The lowest BCUT2D eigenvalue weighted by Gasteiger charge is -2.12. The van der Waals surface area contributed by atoms with Crippen LogP contribution in [0.4, 0.5) is 5.82 Å². The minimum Gasteiger partial charge on any atom is -0.481 e. The number of methoxy groups -OCH3 is 1. The number of pyridine rings is 1. The van der Waals surface area contributed by atoms with Crippen LogP contribution in [0.1, 0.15) is 17.5 Å². The number of carboxylic acid groups (broad SMARTS) is 1. The lowest BCUT2D eigenvalue weighted by molar-refractivity contribution is -0.136. The summed E-state index contributed by atoms with van der Waals surface area (Å²) in [5.41, 5.74) is 5.98. The molecule has 0 aliphatic carbocycles. The second-order valence-electron chi connectivity index (χ2n) is 7.55. The molecule has 0 saturated carbocycles. The number of carboxylic acids is 1. The number of anilines is 1. The molecule has 2 aromatic carbocycles. The summed E-state index contributed by atoms with van der Waals surface area (Å²) in [6, 6.07) is 17.8. The largest absolute Gasteiger partial charge is 0.481 e. The summed E-state index contributed by atoms with van der Waals surface area (Å²) >= 11 is 0. The van der Waals surface area contributed by atoms with E-state index in [1.165, 1.54) is 5.56 Å². The van der Waals surface area contributed by atoms with Crippen molar-refractivity contribution >= 4 is 24.2 Å². The Morgan fingerprint density at radius 3 is 2.59 bits per heavy atom. The number of halogens is 1. The predicted octanol–water partition coefficient (Wildman–Crippen LogP) is 5.23. The summed E-state index contributed by atoms with van der Waals surface area (Å²) in [6.45, 7) is 2.85. The maximum atomic E-state index is 10.6. The molecule has 8 nitrogen and oxygen atoms in total. The highest BCUT2D eigenvalue weighted by Crippen LogP contribution is 2.31. The number of hydrogen-bond donors (Lipinski definition) is 2. The number of aryl methyl sites for hydroxylation is 1. The first-order valence-electron chi connectivity index (χ1n) is 10.5. The van der Waals surface area contributed by atoms with Crippen LogP contribution < -0.4 is 5.32 Å². The van der Waals surface area contributed by atoms with Crippen LogP contribution in [-0.4, -0.2) is 39.9 Å². The zero-order valence-corrected chi connectivity index (χ0v) is 19.6. The monoisotopic (exact) mass is 480 g/mol. The maximum Gasteiger partial charge on any atom is 0.305 e. The van der Waals surface area contributed by atoms with Gasteiger partial charge < -0.3 is 19.7 Å². The van der Waals surface area contributed by atoms with E-state index >= 15 is 0 Å². The summed E-state index contributed by atoms with van der Waals surface area (Å²) in [5.74, 6) is 0.548. The van der Waals surface area contributed by atoms with Gasteiger partial charge in [-0.05, 0) is 53.4 Å². The molecule has 0 bridgehead atoms. The first-order chi connectivity index (χ1) is 16.0. The molecule has 9 heteroatoms. The number of rotatable bonds is 9. The van der Waals surface area contributed by atoms with E-state index in [0.29, 0.717) is 36.2 Å². The van der Waals surface area contributed by atoms with Crippen LogP contribution in [0.5, 0.6) is 0 Å². The molecule has 0 amide bonds. The molecule has 2 heterocycles. The third-order valence-corrected chi connectivity index (χ3v) is 5.18. The van der Waals surface area contributed by atoms with E-state index in [2.05, 4.69) is 45.6 Å². The molecule has 0 atom stereocenters. The fraction of sp³-hybridized carbons (Fsp3) is 0.200. The van der Waals surface area contributed by atoms with Gasteiger partial charge in [0.1, 0.15) is 5.82 Å². The minimum absolute atomic E-state index is 0. The molecule has 34 heavy (non-hydrogen) atoms. The standard InChI is InChI=1S/C25H24N4O4.ClH/c1-16-5-3-4-6-20(16)21-9-7-17(13-19(21)15-32-2)25-28-24(29-33-25)18-8-10-22(27-14-18)26-12-11-23(30)31;/h3-10,13-14H,11-12,15H2,1-2H3,(H,26,27)(H,30,31);1H. The average Bonchev–Trinajstić information content (AvgIpc) is 3.30. The number of ether oxygens (including phenoxy) is 1. The van der Waals surface area contributed by atoms with Gasteiger partial charge in [0.15, 0.2) is 0 Å². The van der Waals surface area contributed by atoms with Crippen molar-refractivity contribution in [2.75, 3.05) is 19.0 Å². The Hall–Kier alpha value is -3.75. The molecule has 2 N–H and O–H groups in total. The molecular formula is C25H25ClN4O4. The van der Waals surface area contributed by atoms with Crippen molar-refractivity contribution in [1.82, 2.24) is 15.1 Å². The van der Waals surface area contributed by atoms with E-state index in [9.17, 15) is 4.79 Å². The van der Waals surface area contributed by atoms with Crippen molar-refractivity contribution in [2.24, 2.45) is 0 Å². The minimum atomic E-state index is -0.862. The zero-order chi connectivity index (χ0) is 23.2. The van der Waals surface area contributed by atoms with Gasteiger partial charge in [-0.3, -0.25) is 4.79 Å². The first-order valence-corrected chi connectivity index (χ1v) is 10.5. The number of nitrogens with one attached hydrogen (secondary N) is 1. The molecule has 0 saturated heterocycles. The average molecular weight is 481 g/mol. The Labute approximate surface area is 203 Å². The van der Waals surface area contributed by atoms with Gasteiger partial charge in [-0.15, -0.1) is 12.4 Å². The third-order valence-electron chi connectivity index (χ3n) is 5.18. The quantitative estimate of drug-likeness (QED) is 0.335. The van der Waals surface area contributed by atoms with Crippen molar-refractivity contribution in [3.8, 4) is 34.0 Å². The molecule has 0 aliphatic heterocycles. The van der Waals surface area contributed by atoms with Gasteiger partial charge in [0.2, 0.25) is 5.82 Å². The molecule has 2 aromatic heterocycles. The Morgan fingerprint density at radius 1 is 1.09 bits per heavy atom. The lowest BCUT2D eigenvalue weighted by atomic mass is 9.94. The Kier molecular flexibility index (Phi) is 8.34. The Morgan fingerprint density at radius 2 is 1.88 bits per heavy atom. The number of carbonyl (C=O) groups is 1. The maximum absolute atomic E-state index is 10.6. The van der Waals surface area contributed by atoms with E-state index in [-0.39, 0.29) is 18.8 Å². The molecule has 0 unspecified atom stereocenters. The molecule has 4 rings (SSSR count). The van der Waals surface area contributed by atoms with Crippen LogP contribution in [0.25, 0.3) is 34.0 Å². The molecular weight excluding hydrogens is 456 g/mol.